The molecule has 1 aromatic heterocycles. The summed E-state index contributed by atoms with van der Waals surface area (Å²) in [4.78, 5) is 14.8. The first-order valence-electron chi connectivity index (χ1n) is 7.71. The van der Waals surface area contributed by atoms with Crippen molar-refractivity contribution >= 4 is 23.7 Å². The van der Waals surface area contributed by atoms with Crippen molar-refractivity contribution in [3.8, 4) is 0 Å². The van der Waals surface area contributed by atoms with E-state index in [4.69, 9.17) is 0 Å². The third-order valence-corrected chi connectivity index (χ3v) is 5.30. The molecule has 2 heterocycles. The Bertz CT molecular complexity index is 792. The number of thioether (sulfide) groups is 1. The normalized spacial score (nSPS) is 16.3. The van der Waals surface area contributed by atoms with Crippen LogP contribution in [-0.4, -0.2) is 32.9 Å². The molecule has 0 atom stereocenters. The average molecular weight is 327 g/mol. The molecule has 2 aromatic rings. The molecule has 1 amide bonds. The molecule has 0 saturated carbocycles. The summed E-state index contributed by atoms with van der Waals surface area (Å²) in [5.41, 5.74) is 5.02. The van der Waals surface area contributed by atoms with Gasteiger partial charge in [0.05, 0.1) is 10.7 Å². The minimum absolute atomic E-state index is 0.0820. The zero-order valence-corrected chi connectivity index (χ0v) is 14.8. The number of hydrogen-bond acceptors (Lipinski definition) is 3. The summed E-state index contributed by atoms with van der Waals surface area (Å²) in [6.45, 7) is 6.79. The molecule has 0 N–H and O–H groups in total. The predicted molar refractivity (Wildman–Crippen MR) is 95.3 cm³/mol. The molecule has 1 fully saturated rings. The summed E-state index contributed by atoms with van der Waals surface area (Å²) in [7, 11) is 1.95. The fourth-order valence-electron chi connectivity index (χ4n) is 2.83. The lowest BCUT2D eigenvalue weighted by Crippen LogP contribution is -2.27. The molecule has 0 spiro atoms. The molecule has 3 rings (SSSR count). The van der Waals surface area contributed by atoms with Crippen LogP contribution < -0.4 is 0 Å². The largest absolute Gasteiger partial charge is 0.302 e. The average Bonchev–Trinajstić information content (AvgIpc) is 3.08. The molecule has 0 unspecified atom stereocenters. The van der Waals surface area contributed by atoms with Crippen molar-refractivity contribution in [3.63, 3.8) is 0 Å². The molecule has 1 saturated heterocycles. The molecule has 23 heavy (non-hydrogen) atoms. The summed E-state index contributed by atoms with van der Waals surface area (Å²) in [5, 5.41) is 5.47. The molecular formula is C18H21N3OS. The zero-order valence-electron chi connectivity index (χ0n) is 14.0. The van der Waals surface area contributed by atoms with E-state index in [0.717, 1.165) is 45.4 Å². The number of carbonyl (C=O) groups excluding carboxylic acids is 1. The lowest BCUT2D eigenvalue weighted by Gasteiger charge is -2.18. The van der Waals surface area contributed by atoms with Crippen molar-refractivity contribution in [2.24, 2.45) is 7.05 Å². The van der Waals surface area contributed by atoms with Crippen LogP contribution in [0.2, 0.25) is 0 Å². The minimum Gasteiger partial charge on any atom is -0.302 e. The third-order valence-electron chi connectivity index (χ3n) is 4.28. The maximum atomic E-state index is 12.9. The highest BCUT2D eigenvalue weighted by Crippen LogP contribution is 2.32. The highest BCUT2D eigenvalue weighted by Gasteiger charge is 2.26. The number of amides is 1. The lowest BCUT2D eigenvalue weighted by molar-refractivity contribution is 0.0830. The van der Waals surface area contributed by atoms with Gasteiger partial charge in [0, 0.05) is 36.2 Å². The Morgan fingerprint density at radius 1 is 1.26 bits per heavy atom. The van der Waals surface area contributed by atoms with Crippen molar-refractivity contribution in [2.75, 3.05) is 12.3 Å². The van der Waals surface area contributed by atoms with Gasteiger partial charge in [0.25, 0.3) is 5.91 Å². The van der Waals surface area contributed by atoms with Gasteiger partial charge in [0.2, 0.25) is 0 Å². The van der Waals surface area contributed by atoms with Crippen LogP contribution in [0.25, 0.3) is 6.08 Å². The van der Waals surface area contributed by atoms with Gasteiger partial charge >= 0.3 is 0 Å². The van der Waals surface area contributed by atoms with Crippen molar-refractivity contribution in [3.05, 3.63) is 57.4 Å². The van der Waals surface area contributed by atoms with E-state index >= 15 is 0 Å². The highest BCUT2D eigenvalue weighted by atomic mass is 32.2. The Balaban J connectivity index is 1.96. The van der Waals surface area contributed by atoms with Gasteiger partial charge in [0.15, 0.2) is 0 Å². The van der Waals surface area contributed by atoms with Gasteiger partial charge in [-0.05, 0) is 38.5 Å². The van der Waals surface area contributed by atoms with Crippen LogP contribution in [0.1, 0.15) is 32.9 Å². The first-order chi connectivity index (χ1) is 11.0. The van der Waals surface area contributed by atoms with Crippen molar-refractivity contribution in [2.45, 2.75) is 20.8 Å². The second-order valence-corrected chi connectivity index (χ2v) is 6.93. The summed E-state index contributed by atoms with van der Waals surface area (Å²) >= 11 is 1.73. The van der Waals surface area contributed by atoms with E-state index in [1.165, 1.54) is 0 Å². The smallest absolute Gasteiger partial charge is 0.258 e. The van der Waals surface area contributed by atoms with Gasteiger partial charge in [-0.1, -0.05) is 18.2 Å². The first-order valence-corrected chi connectivity index (χ1v) is 8.70. The fraction of sp³-hybridized carbons (Fsp3) is 0.333. The molecule has 0 aliphatic carbocycles. The maximum absolute atomic E-state index is 12.9. The molecule has 5 heteroatoms. The summed E-state index contributed by atoms with van der Waals surface area (Å²) < 4.78 is 1.88. The second kappa shape index (κ2) is 6.24. The van der Waals surface area contributed by atoms with E-state index in [1.807, 2.05) is 54.7 Å². The monoisotopic (exact) mass is 327 g/mol. The van der Waals surface area contributed by atoms with Crippen LogP contribution in [0.3, 0.4) is 0 Å². The van der Waals surface area contributed by atoms with Crippen molar-refractivity contribution in [1.82, 2.24) is 14.7 Å². The topological polar surface area (TPSA) is 38.1 Å². The molecule has 0 bridgehead atoms. The van der Waals surface area contributed by atoms with Crippen LogP contribution in [0.5, 0.6) is 0 Å². The zero-order chi connectivity index (χ0) is 16.6. The molecule has 1 aliphatic rings. The first kappa shape index (κ1) is 15.9. The van der Waals surface area contributed by atoms with Gasteiger partial charge in [-0.25, -0.2) is 0 Å². The number of carbonyl (C=O) groups is 1. The van der Waals surface area contributed by atoms with Crippen molar-refractivity contribution < 1.29 is 4.79 Å². The standard InChI is InChI=1S/C18H21N3OS/c1-12-7-5-6-8-15(12)18(22)21-9-10-23-17(21)11-16-13(2)19-20(4)14(16)3/h5-8,11H,9-10H2,1-4H3/b17-11+. The van der Waals surface area contributed by atoms with E-state index in [-0.39, 0.29) is 5.91 Å². The number of aromatic nitrogens is 2. The SMILES string of the molecule is Cc1ccccc1C(=O)N1CCS/C1=C/c1c(C)nn(C)c1C. The Hall–Kier alpha value is -2.01. The summed E-state index contributed by atoms with van der Waals surface area (Å²) in [6, 6.07) is 7.76. The van der Waals surface area contributed by atoms with Crippen LogP contribution in [-0.2, 0) is 7.05 Å². The fourth-order valence-corrected chi connectivity index (χ4v) is 3.85. The molecule has 4 nitrogen and oxygen atoms in total. The van der Waals surface area contributed by atoms with Gasteiger partial charge < -0.3 is 4.90 Å². The van der Waals surface area contributed by atoms with Crippen LogP contribution in [0.4, 0.5) is 0 Å². The maximum Gasteiger partial charge on any atom is 0.258 e. The number of rotatable bonds is 2. The number of benzene rings is 1. The van der Waals surface area contributed by atoms with Crippen LogP contribution in [0.15, 0.2) is 29.3 Å². The van der Waals surface area contributed by atoms with Crippen LogP contribution >= 0.6 is 11.8 Å². The van der Waals surface area contributed by atoms with Gasteiger partial charge in [-0.3, -0.25) is 9.48 Å². The Morgan fingerprint density at radius 3 is 2.65 bits per heavy atom. The molecule has 1 aliphatic heterocycles. The Morgan fingerprint density at radius 2 is 2.00 bits per heavy atom. The minimum atomic E-state index is 0.0820. The van der Waals surface area contributed by atoms with E-state index in [0.29, 0.717) is 0 Å². The van der Waals surface area contributed by atoms with Crippen LogP contribution in [0, 0.1) is 20.8 Å². The highest BCUT2D eigenvalue weighted by molar-refractivity contribution is 8.03. The van der Waals surface area contributed by atoms with E-state index < -0.39 is 0 Å². The quantitative estimate of drug-likeness (QED) is 0.847. The van der Waals surface area contributed by atoms with E-state index in [2.05, 4.69) is 18.1 Å². The Labute approximate surface area is 141 Å². The summed E-state index contributed by atoms with van der Waals surface area (Å²) in [6.07, 6.45) is 2.10. The summed E-state index contributed by atoms with van der Waals surface area (Å²) in [5.74, 6) is 1.01. The van der Waals surface area contributed by atoms with Gasteiger partial charge in [0.1, 0.15) is 0 Å². The molecule has 120 valence electrons. The lowest BCUT2D eigenvalue weighted by atomic mass is 10.1. The van der Waals surface area contributed by atoms with Gasteiger partial charge in [-0.15, -0.1) is 11.8 Å². The van der Waals surface area contributed by atoms with E-state index in [1.54, 1.807) is 11.8 Å². The third kappa shape index (κ3) is 2.93. The number of nitrogens with zero attached hydrogens (tertiary/aromatic N) is 3. The number of hydrogen-bond donors (Lipinski definition) is 0. The van der Waals surface area contributed by atoms with Gasteiger partial charge in [-0.2, -0.15) is 5.10 Å². The molecule has 0 radical (unpaired) electrons. The van der Waals surface area contributed by atoms with E-state index in [9.17, 15) is 4.79 Å². The molecule has 1 aromatic carbocycles. The van der Waals surface area contributed by atoms with Crippen molar-refractivity contribution in [1.29, 1.82) is 0 Å². The molecular weight excluding hydrogens is 306 g/mol. The Kier molecular flexibility index (Phi) is 4.31. The second-order valence-electron chi connectivity index (χ2n) is 5.81. The predicted octanol–water partition coefficient (Wildman–Crippen LogP) is 3.53. The number of aryl methyl sites for hydroxylation is 3.